The summed E-state index contributed by atoms with van der Waals surface area (Å²) in [4.78, 5) is 12.5. The number of rotatable bonds is 4. The van der Waals surface area contributed by atoms with Gasteiger partial charge in [-0.2, -0.15) is 5.10 Å². The Morgan fingerprint density at radius 1 is 1.18 bits per heavy atom. The van der Waals surface area contributed by atoms with Crippen molar-refractivity contribution < 1.29 is 0 Å². The lowest BCUT2D eigenvalue weighted by Gasteiger charge is -2.15. The number of hydrogen-bond donors (Lipinski definition) is 1. The van der Waals surface area contributed by atoms with Crippen LogP contribution in [0.15, 0.2) is 29.1 Å². The SMILES string of the molecule is Cc1ccc(-c2cc(C(C)N)c(=O)n(CC(C)C)n2)c(C)c1. The summed E-state index contributed by atoms with van der Waals surface area (Å²) < 4.78 is 1.55. The van der Waals surface area contributed by atoms with Crippen LogP contribution in [0.5, 0.6) is 0 Å². The molecule has 1 unspecified atom stereocenters. The lowest BCUT2D eigenvalue weighted by atomic mass is 10.0. The highest BCUT2D eigenvalue weighted by molar-refractivity contribution is 5.64. The molecule has 2 rings (SSSR count). The Kier molecular flexibility index (Phi) is 4.81. The molecule has 1 aromatic carbocycles. The summed E-state index contributed by atoms with van der Waals surface area (Å²) in [7, 11) is 0. The van der Waals surface area contributed by atoms with Crippen LogP contribution in [0, 0.1) is 19.8 Å². The molecule has 2 aromatic rings. The summed E-state index contributed by atoms with van der Waals surface area (Å²) in [6.45, 7) is 10.7. The lowest BCUT2D eigenvalue weighted by molar-refractivity contribution is 0.460. The van der Waals surface area contributed by atoms with Crippen molar-refractivity contribution in [2.24, 2.45) is 11.7 Å². The zero-order chi connectivity index (χ0) is 16.4. The number of aryl methyl sites for hydroxylation is 2. The van der Waals surface area contributed by atoms with E-state index in [0.29, 0.717) is 18.0 Å². The second-order valence-corrected chi connectivity index (χ2v) is 6.47. The molecule has 22 heavy (non-hydrogen) atoms. The van der Waals surface area contributed by atoms with Gasteiger partial charge < -0.3 is 5.73 Å². The van der Waals surface area contributed by atoms with Crippen LogP contribution in [0.25, 0.3) is 11.3 Å². The molecule has 2 N–H and O–H groups in total. The van der Waals surface area contributed by atoms with Gasteiger partial charge >= 0.3 is 0 Å². The highest BCUT2D eigenvalue weighted by Gasteiger charge is 2.14. The van der Waals surface area contributed by atoms with Crippen molar-refractivity contribution in [1.82, 2.24) is 9.78 Å². The maximum atomic E-state index is 12.5. The molecule has 0 aliphatic carbocycles. The average molecular weight is 299 g/mol. The Balaban J connectivity index is 2.65. The summed E-state index contributed by atoms with van der Waals surface area (Å²) in [5, 5.41) is 4.56. The third-order valence-electron chi connectivity index (χ3n) is 3.69. The van der Waals surface area contributed by atoms with Gasteiger partial charge in [-0.05, 0) is 38.3 Å². The monoisotopic (exact) mass is 299 g/mol. The molecule has 0 radical (unpaired) electrons. The van der Waals surface area contributed by atoms with E-state index < -0.39 is 0 Å². The van der Waals surface area contributed by atoms with E-state index in [-0.39, 0.29) is 11.6 Å². The standard InChI is InChI=1S/C18H25N3O/c1-11(2)10-21-18(22)16(14(5)19)9-17(20-21)15-7-6-12(3)8-13(15)4/h6-9,11,14H,10,19H2,1-5H3. The van der Waals surface area contributed by atoms with E-state index in [4.69, 9.17) is 5.73 Å². The fourth-order valence-corrected chi connectivity index (χ4v) is 2.59. The average Bonchev–Trinajstić information content (AvgIpc) is 2.40. The third-order valence-corrected chi connectivity index (χ3v) is 3.69. The first-order chi connectivity index (χ1) is 10.3. The molecular formula is C18H25N3O. The Hall–Kier alpha value is -1.94. The Bertz CT molecular complexity index is 730. The van der Waals surface area contributed by atoms with Gasteiger partial charge in [-0.15, -0.1) is 0 Å². The number of nitrogens with two attached hydrogens (primary N) is 1. The van der Waals surface area contributed by atoms with Crippen molar-refractivity contribution in [2.45, 2.75) is 47.2 Å². The van der Waals surface area contributed by atoms with E-state index >= 15 is 0 Å². The fraction of sp³-hybridized carbons (Fsp3) is 0.444. The van der Waals surface area contributed by atoms with Gasteiger partial charge in [0.05, 0.1) is 5.69 Å². The van der Waals surface area contributed by atoms with Crippen LogP contribution >= 0.6 is 0 Å². The summed E-state index contributed by atoms with van der Waals surface area (Å²) in [5.74, 6) is 0.348. The van der Waals surface area contributed by atoms with Crippen LogP contribution < -0.4 is 11.3 Å². The van der Waals surface area contributed by atoms with Crippen molar-refractivity contribution in [3.63, 3.8) is 0 Å². The van der Waals surface area contributed by atoms with Crippen LogP contribution in [0.4, 0.5) is 0 Å². The molecule has 0 bridgehead atoms. The molecule has 1 heterocycles. The maximum absolute atomic E-state index is 12.5. The number of aromatic nitrogens is 2. The molecule has 1 atom stereocenters. The van der Waals surface area contributed by atoms with Gasteiger partial charge in [0.2, 0.25) is 0 Å². The highest BCUT2D eigenvalue weighted by atomic mass is 16.1. The smallest absolute Gasteiger partial charge is 0.271 e. The van der Waals surface area contributed by atoms with Crippen molar-refractivity contribution in [2.75, 3.05) is 0 Å². The molecular weight excluding hydrogens is 274 g/mol. The van der Waals surface area contributed by atoms with Gasteiger partial charge in [0.1, 0.15) is 0 Å². The van der Waals surface area contributed by atoms with E-state index in [2.05, 4.69) is 51.0 Å². The van der Waals surface area contributed by atoms with Crippen molar-refractivity contribution in [3.8, 4) is 11.3 Å². The van der Waals surface area contributed by atoms with Crippen molar-refractivity contribution >= 4 is 0 Å². The number of nitrogens with zero attached hydrogens (tertiary/aromatic N) is 2. The molecule has 0 spiro atoms. The first-order valence-electron chi connectivity index (χ1n) is 7.75. The molecule has 4 nitrogen and oxygen atoms in total. The molecule has 0 amide bonds. The molecule has 0 saturated heterocycles. The molecule has 0 saturated carbocycles. The summed E-state index contributed by atoms with van der Waals surface area (Å²) in [6.07, 6.45) is 0. The third kappa shape index (κ3) is 3.45. The van der Waals surface area contributed by atoms with Gasteiger partial charge in [-0.25, -0.2) is 4.68 Å². The minimum absolute atomic E-state index is 0.0859. The van der Waals surface area contributed by atoms with E-state index in [1.54, 1.807) is 4.68 Å². The minimum Gasteiger partial charge on any atom is -0.324 e. The van der Waals surface area contributed by atoms with Crippen LogP contribution in [0.2, 0.25) is 0 Å². The first kappa shape index (κ1) is 16.4. The maximum Gasteiger partial charge on any atom is 0.271 e. The van der Waals surface area contributed by atoms with Gasteiger partial charge in [0, 0.05) is 23.7 Å². The zero-order valence-corrected chi connectivity index (χ0v) is 14.1. The Morgan fingerprint density at radius 2 is 1.86 bits per heavy atom. The van der Waals surface area contributed by atoms with E-state index in [1.165, 1.54) is 5.56 Å². The quantitative estimate of drug-likeness (QED) is 0.943. The lowest BCUT2D eigenvalue weighted by Crippen LogP contribution is -2.31. The predicted octanol–water partition coefficient (Wildman–Crippen LogP) is 3.20. The first-order valence-corrected chi connectivity index (χ1v) is 7.75. The van der Waals surface area contributed by atoms with Gasteiger partial charge in [-0.1, -0.05) is 37.6 Å². The topological polar surface area (TPSA) is 60.9 Å². The van der Waals surface area contributed by atoms with E-state index in [1.807, 2.05) is 13.0 Å². The molecule has 4 heteroatoms. The van der Waals surface area contributed by atoms with Crippen LogP contribution in [-0.2, 0) is 6.54 Å². The van der Waals surface area contributed by atoms with Crippen molar-refractivity contribution in [3.05, 3.63) is 51.3 Å². The summed E-state index contributed by atoms with van der Waals surface area (Å²) in [6, 6.07) is 7.77. The second kappa shape index (κ2) is 6.44. The summed E-state index contributed by atoms with van der Waals surface area (Å²) >= 11 is 0. The van der Waals surface area contributed by atoms with Crippen LogP contribution in [-0.4, -0.2) is 9.78 Å². The van der Waals surface area contributed by atoms with E-state index in [9.17, 15) is 4.79 Å². The molecule has 0 aliphatic rings. The zero-order valence-electron chi connectivity index (χ0n) is 14.1. The molecule has 1 aromatic heterocycles. The normalized spacial score (nSPS) is 12.7. The van der Waals surface area contributed by atoms with Gasteiger partial charge in [-0.3, -0.25) is 4.79 Å². The molecule has 118 valence electrons. The number of benzene rings is 1. The highest BCUT2D eigenvalue weighted by Crippen LogP contribution is 2.23. The summed E-state index contributed by atoms with van der Waals surface area (Å²) in [5.41, 5.74) is 10.7. The van der Waals surface area contributed by atoms with Gasteiger partial charge in [0.15, 0.2) is 0 Å². The van der Waals surface area contributed by atoms with Crippen molar-refractivity contribution in [1.29, 1.82) is 0 Å². The van der Waals surface area contributed by atoms with E-state index in [0.717, 1.165) is 16.8 Å². The second-order valence-electron chi connectivity index (χ2n) is 6.47. The predicted molar refractivity (Wildman–Crippen MR) is 90.8 cm³/mol. The Morgan fingerprint density at radius 3 is 2.41 bits per heavy atom. The molecule has 0 aliphatic heterocycles. The van der Waals surface area contributed by atoms with Crippen LogP contribution in [0.1, 0.15) is 43.5 Å². The molecule has 0 fully saturated rings. The largest absolute Gasteiger partial charge is 0.324 e. The van der Waals surface area contributed by atoms with Crippen LogP contribution in [0.3, 0.4) is 0 Å². The fourth-order valence-electron chi connectivity index (χ4n) is 2.59. The Labute approximate surface area is 132 Å². The number of hydrogen-bond acceptors (Lipinski definition) is 3. The van der Waals surface area contributed by atoms with Gasteiger partial charge in [0.25, 0.3) is 5.56 Å². The minimum atomic E-state index is -0.307.